The van der Waals surface area contributed by atoms with Crippen molar-refractivity contribution in [3.8, 4) is 0 Å². The zero-order valence-corrected chi connectivity index (χ0v) is 7.05. The van der Waals surface area contributed by atoms with Crippen LogP contribution < -0.4 is 0 Å². The monoisotopic (exact) mass is 206 g/mol. The van der Waals surface area contributed by atoms with Crippen molar-refractivity contribution < 1.29 is 18.7 Å². The van der Waals surface area contributed by atoms with Gasteiger partial charge in [0.25, 0.3) is 5.24 Å². The average Bonchev–Trinajstić information content (AvgIpc) is 2.03. The molecule has 1 N–H and O–H groups in total. The number of benzene rings is 1. The number of rotatable bonds is 2. The zero-order chi connectivity index (χ0) is 10.0. The highest BCUT2D eigenvalue weighted by atomic mass is 35.5. The average molecular weight is 207 g/mol. The third-order valence-electron chi connectivity index (χ3n) is 1.47. The summed E-state index contributed by atoms with van der Waals surface area (Å²) in [5.41, 5.74) is -0.332. The van der Waals surface area contributed by atoms with Crippen LogP contribution in [0.1, 0.15) is 11.7 Å². The van der Waals surface area contributed by atoms with Crippen molar-refractivity contribution >= 4 is 16.8 Å². The summed E-state index contributed by atoms with van der Waals surface area (Å²) in [5.74, 6) is -1.78. The van der Waals surface area contributed by atoms with E-state index in [0.717, 1.165) is 12.1 Å². The Morgan fingerprint density at radius 1 is 1.46 bits per heavy atom. The Kier molecular flexibility index (Phi) is 2.95. The van der Waals surface area contributed by atoms with Gasteiger partial charge in [-0.2, -0.15) is 0 Å². The fourth-order valence-electron chi connectivity index (χ4n) is 0.846. The molecule has 0 saturated heterocycles. The molecule has 0 aliphatic rings. The van der Waals surface area contributed by atoms with Crippen LogP contribution in [0.3, 0.4) is 0 Å². The summed E-state index contributed by atoms with van der Waals surface area (Å²) in [5, 5.41) is 7.92. The Balaban J connectivity index is 3.08. The minimum atomic E-state index is -1.75. The molecule has 1 atom stereocenters. The summed E-state index contributed by atoms with van der Waals surface area (Å²) in [4.78, 5) is 10.4. The van der Waals surface area contributed by atoms with Gasteiger partial charge in [0.15, 0.2) is 6.10 Å². The summed E-state index contributed by atoms with van der Waals surface area (Å²) < 4.78 is 25.2. The predicted molar refractivity (Wildman–Crippen MR) is 42.2 cm³/mol. The van der Waals surface area contributed by atoms with Gasteiger partial charge in [-0.25, -0.2) is 8.78 Å². The van der Waals surface area contributed by atoms with Crippen LogP contribution in [0.4, 0.5) is 8.78 Å². The Labute approximate surface area is 77.8 Å². The molecule has 0 aliphatic heterocycles. The number of aliphatic hydroxyl groups is 1. The van der Waals surface area contributed by atoms with E-state index in [4.69, 9.17) is 16.7 Å². The fraction of sp³-hybridized carbons (Fsp3) is 0.125. The van der Waals surface area contributed by atoms with Gasteiger partial charge in [0.1, 0.15) is 11.6 Å². The van der Waals surface area contributed by atoms with E-state index < -0.39 is 23.0 Å². The number of carbonyl (C=O) groups excluding carboxylic acids is 1. The molecule has 0 aromatic heterocycles. The first kappa shape index (κ1) is 10.1. The number of aliphatic hydroxyl groups excluding tert-OH is 1. The zero-order valence-electron chi connectivity index (χ0n) is 6.30. The van der Waals surface area contributed by atoms with Gasteiger partial charge in [-0.15, -0.1) is 0 Å². The Morgan fingerprint density at radius 2 is 2.08 bits per heavy atom. The molecule has 1 rings (SSSR count). The van der Waals surface area contributed by atoms with Crippen molar-refractivity contribution in [1.29, 1.82) is 0 Å². The third kappa shape index (κ3) is 2.23. The van der Waals surface area contributed by atoms with Gasteiger partial charge in [-0.1, -0.05) is 6.07 Å². The van der Waals surface area contributed by atoms with Gasteiger partial charge < -0.3 is 5.11 Å². The molecule has 0 aliphatic carbocycles. The molecule has 2 nitrogen and oxygen atoms in total. The minimum Gasteiger partial charge on any atom is -0.379 e. The van der Waals surface area contributed by atoms with E-state index in [1.54, 1.807) is 0 Å². The summed E-state index contributed by atoms with van der Waals surface area (Å²) in [6.07, 6.45) is -1.75. The quantitative estimate of drug-likeness (QED) is 0.749. The molecule has 0 radical (unpaired) electrons. The molecular formula is C8H5ClF2O2. The highest BCUT2D eigenvalue weighted by molar-refractivity contribution is 6.64. The van der Waals surface area contributed by atoms with Crippen LogP contribution in [0.2, 0.25) is 0 Å². The lowest BCUT2D eigenvalue weighted by Crippen LogP contribution is -2.07. The highest BCUT2D eigenvalue weighted by Gasteiger charge is 2.18. The summed E-state index contributed by atoms with van der Waals surface area (Å²) in [7, 11) is 0. The van der Waals surface area contributed by atoms with E-state index in [1.807, 2.05) is 0 Å². The fourth-order valence-corrected chi connectivity index (χ4v) is 0.963. The largest absolute Gasteiger partial charge is 0.379 e. The van der Waals surface area contributed by atoms with Crippen LogP contribution in [-0.2, 0) is 4.79 Å². The first-order chi connectivity index (χ1) is 6.02. The van der Waals surface area contributed by atoms with E-state index in [9.17, 15) is 13.6 Å². The van der Waals surface area contributed by atoms with Gasteiger partial charge in [0.2, 0.25) is 0 Å². The second-order valence-corrected chi connectivity index (χ2v) is 2.75. The van der Waals surface area contributed by atoms with Gasteiger partial charge in [0.05, 0.1) is 0 Å². The van der Waals surface area contributed by atoms with Gasteiger partial charge in [-0.3, -0.25) is 4.79 Å². The van der Waals surface area contributed by atoms with Crippen LogP contribution in [0.15, 0.2) is 18.2 Å². The van der Waals surface area contributed by atoms with Crippen LogP contribution in [-0.4, -0.2) is 10.3 Å². The maximum absolute atomic E-state index is 12.9. The van der Waals surface area contributed by atoms with E-state index in [1.165, 1.54) is 0 Å². The number of carbonyl (C=O) groups is 1. The maximum Gasteiger partial charge on any atom is 0.254 e. The van der Waals surface area contributed by atoms with E-state index in [0.29, 0.717) is 6.07 Å². The molecule has 0 heterocycles. The number of hydrogen-bond acceptors (Lipinski definition) is 2. The molecule has 0 amide bonds. The summed E-state index contributed by atoms with van der Waals surface area (Å²) >= 11 is 4.93. The molecule has 5 heteroatoms. The van der Waals surface area contributed by atoms with Crippen LogP contribution in [0.25, 0.3) is 0 Å². The van der Waals surface area contributed by atoms with Crippen LogP contribution >= 0.6 is 11.6 Å². The van der Waals surface area contributed by atoms with Crippen molar-refractivity contribution in [3.63, 3.8) is 0 Å². The maximum atomic E-state index is 12.9. The lowest BCUT2D eigenvalue weighted by molar-refractivity contribution is -0.119. The Hall–Kier alpha value is -1.00. The first-order valence-corrected chi connectivity index (χ1v) is 3.72. The topological polar surface area (TPSA) is 37.3 Å². The van der Waals surface area contributed by atoms with Crippen molar-refractivity contribution in [1.82, 2.24) is 0 Å². The molecule has 1 aromatic carbocycles. The third-order valence-corrected chi connectivity index (χ3v) is 1.68. The predicted octanol–water partition coefficient (Wildman–Crippen LogP) is 1.76. The molecule has 13 heavy (non-hydrogen) atoms. The van der Waals surface area contributed by atoms with Crippen molar-refractivity contribution in [2.75, 3.05) is 0 Å². The summed E-state index contributed by atoms with van der Waals surface area (Å²) in [6, 6.07) is 2.47. The highest BCUT2D eigenvalue weighted by Crippen LogP contribution is 2.19. The van der Waals surface area contributed by atoms with Crippen molar-refractivity contribution in [3.05, 3.63) is 35.4 Å². The van der Waals surface area contributed by atoms with E-state index >= 15 is 0 Å². The van der Waals surface area contributed by atoms with Crippen LogP contribution in [0.5, 0.6) is 0 Å². The van der Waals surface area contributed by atoms with E-state index in [-0.39, 0.29) is 5.56 Å². The lowest BCUT2D eigenvalue weighted by Gasteiger charge is -2.06. The second-order valence-electron chi connectivity index (χ2n) is 2.37. The van der Waals surface area contributed by atoms with E-state index in [2.05, 4.69) is 0 Å². The van der Waals surface area contributed by atoms with Gasteiger partial charge in [0, 0.05) is 11.6 Å². The van der Waals surface area contributed by atoms with Crippen LogP contribution in [0, 0.1) is 11.6 Å². The molecule has 70 valence electrons. The standard InChI is InChI=1S/C8H5ClF2O2/c9-8(13)7(12)5-2-1-4(10)3-6(5)11/h1-3,7,12H/t7-/m1/s1. The Bertz CT molecular complexity index is 341. The molecule has 0 fully saturated rings. The normalized spacial score (nSPS) is 12.6. The molecule has 0 spiro atoms. The molecular weight excluding hydrogens is 202 g/mol. The van der Waals surface area contributed by atoms with Gasteiger partial charge >= 0.3 is 0 Å². The SMILES string of the molecule is O=C(Cl)[C@H](O)c1ccc(F)cc1F. The Morgan fingerprint density at radius 3 is 2.54 bits per heavy atom. The summed E-state index contributed by atoms with van der Waals surface area (Å²) in [6.45, 7) is 0. The minimum absolute atomic E-state index is 0.332. The number of hydrogen-bond donors (Lipinski definition) is 1. The van der Waals surface area contributed by atoms with Crippen molar-refractivity contribution in [2.45, 2.75) is 6.10 Å². The molecule has 1 aromatic rings. The molecule has 0 saturated carbocycles. The van der Waals surface area contributed by atoms with Crippen molar-refractivity contribution in [2.24, 2.45) is 0 Å². The second kappa shape index (κ2) is 3.81. The lowest BCUT2D eigenvalue weighted by atomic mass is 10.1. The van der Waals surface area contributed by atoms with Gasteiger partial charge in [-0.05, 0) is 17.7 Å². The number of halogens is 3. The molecule has 0 unspecified atom stereocenters. The smallest absolute Gasteiger partial charge is 0.254 e. The molecule has 0 bridgehead atoms. The first-order valence-electron chi connectivity index (χ1n) is 3.34.